The van der Waals surface area contributed by atoms with E-state index in [0.717, 1.165) is 18.2 Å². The third-order valence-electron chi connectivity index (χ3n) is 3.84. The van der Waals surface area contributed by atoms with Crippen LogP contribution in [0.4, 0.5) is 18.9 Å². The third kappa shape index (κ3) is 5.01. The van der Waals surface area contributed by atoms with Crippen LogP contribution in [-0.2, 0) is 6.18 Å². The predicted octanol–water partition coefficient (Wildman–Crippen LogP) is 4.86. The Morgan fingerprint density at radius 2 is 1.79 bits per heavy atom. The number of rotatable bonds is 5. The average Bonchev–Trinajstić information content (AvgIpc) is 2.69. The fourth-order valence-electron chi connectivity index (χ4n) is 2.38. The lowest BCUT2D eigenvalue weighted by Gasteiger charge is -2.15. The Bertz CT molecular complexity index is 1020. The number of benzene rings is 2. The Morgan fingerprint density at radius 1 is 1.03 bits per heavy atom. The van der Waals surface area contributed by atoms with E-state index >= 15 is 0 Å². The van der Waals surface area contributed by atoms with E-state index in [0.29, 0.717) is 17.2 Å². The highest BCUT2D eigenvalue weighted by atomic mass is 19.4. The van der Waals surface area contributed by atoms with Crippen LogP contribution in [0.5, 0.6) is 17.2 Å². The van der Waals surface area contributed by atoms with Gasteiger partial charge in [-0.15, -0.1) is 0 Å². The number of ether oxygens (including phenoxy) is 2. The second kappa shape index (κ2) is 8.17. The Hall–Kier alpha value is -3.62. The second-order valence-electron chi connectivity index (χ2n) is 5.99. The van der Waals surface area contributed by atoms with Crippen molar-refractivity contribution in [2.75, 3.05) is 12.4 Å². The van der Waals surface area contributed by atoms with Gasteiger partial charge in [-0.1, -0.05) is 6.07 Å². The molecule has 0 saturated heterocycles. The quantitative estimate of drug-likeness (QED) is 0.659. The van der Waals surface area contributed by atoms with Crippen molar-refractivity contribution in [3.8, 4) is 17.2 Å². The van der Waals surface area contributed by atoms with Gasteiger partial charge in [0.05, 0.1) is 30.3 Å². The van der Waals surface area contributed by atoms with Crippen LogP contribution in [0, 0.1) is 6.92 Å². The summed E-state index contributed by atoms with van der Waals surface area (Å²) in [5.74, 6) is 0.150. The lowest BCUT2D eigenvalue weighted by Crippen LogP contribution is -2.15. The molecule has 9 heteroatoms. The maximum atomic E-state index is 13.1. The van der Waals surface area contributed by atoms with Gasteiger partial charge in [-0.2, -0.15) is 13.2 Å². The van der Waals surface area contributed by atoms with Crippen LogP contribution in [0.15, 0.2) is 54.9 Å². The molecule has 0 bridgehead atoms. The number of anilines is 1. The minimum absolute atomic E-state index is 0.0275. The Kier molecular flexibility index (Phi) is 5.67. The van der Waals surface area contributed by atoms with Crippen molar-refractivity contribution in [1.82, 2.24) is 9.97 Å². The molecular formula is C20H16F3N3O3. The number of carbonyl (C=O) groups is 1. The zero-order valence-electron chi connectivity index (χ0n) is 15.4. The number of hydrogen-bond donors (Lipinski definition) is 1. The fourth-order valence-corrected chi connectivity index (χ4v) is 2.38. The molecule has 29 heavy (non-hydrogen) atoms. The van der Waals surface area contributed by atoms with Gasteiger partial charge in [-0.05, 0) is 37.3 Å². The number of methoxy groups -OCH3 is 1. The molecule has 1 N–H and O–H groups in total. The molecule has 0 spiro atoms. The summed E-state index contributed by atoms with van der Waals surface area (Å²) in [5, 5.41) is 2.41. The SMILES string of the molecule is COc1cccc(Oc2ccc(C(F)(F)F)cc2NC(=O)c2cnc(C)cn2)c1. The third-order valence-corrected chi connectivity index (χ3v) is 3.84. The van der Waals surface area contributed by atoms with Crippen molar-refractivity contribution in [1.29, 1.82) is 0 Å². The van der Waals surface area contributed by atoms with Crippen molar-refractivity contribution in [2.24, 2.45) is 0 Å². The standard InChI is InChI=1S/C20H16F3N3O3/c1-12-10-25-17(11-24-12)19(27)26-16-8-13(20(21,22)23)6-7-18(16)29-15-5-3-4-14(9-15)28-2/h3-11H,1-2H3,(H,26,27). The summed E-state index contributed by atoms with van der Waals surface area (Å²) in [6.07, 6.45) is -1.97. The van der Waals surface area contributed by atoms with Crippen LogP contribution in [0.3, 0.4) is 0 Å². The highest BCUT2D eigenvalue weighted by Crippen LogP contribution is 2.37. The molecule has 6 nitrogen and oxygen atoms in total. The van der Waals surface area contributed by atoms with E-state index in [1.807, 2.05) is 0 Å². The molecule has 1 amide bonds. The molecule has 0 aliphatic carbocycles. The number of carbonyl (C=O) groups excluding carboxylic acids is 1. The molecular weight excluding hydrogens is 387 g/mol. The van der Waals surface area contributed by atoms with E-state index in [-0.39, 0.29) is 17.1 Å². The zero-order chi connectivity index (χ0) is 21.0. The molecule has 0 atom stereocenters. The van der Waals surface area contributed by atoms with Crippen LogP contribution in [0.25, 0.3) is 0 Å². The van der Waals surface area contributed by atoms with E-state index in [2.05, 4.69) is 15.3 Å². The summed E-state index contributed by atoms with van der Waals surface area (Å²) in [7, 11) is 1.48. The van der Waals surface area contributed by atoms with Gasteiger partial charge in [0.15, 0.2) is 5.75 Å². The van der Waals surface area contributed by atoms with Crippen molar-refractivity contribution >= 4 is 11.6 Å². The minimum atomic E-state index is -4.59. The first-order valence-corrected chi connectivity index (χ1v) is 8.39. The number of hydrogen-bond acceptors (Lipinski definition) is 5. The second-order valence-corrected chi connectivity index (χ2v) is 5.99. The number of amides is 1. The van der Waals surface area contributed by atoms with Gasteiger partial charge in [-0.3, -0.25) is 9.78 Å². The summed E-state index contributed by atoms with van der Waals surface area (Å²) >= 11 is 0. The Balaban J connectivity index is 1.95. The lowest BCUT2D eigenvalue weighted by atomic mass is 10.1. The monoisotopic (exact) mass is 403 g/mol. The highest BCUT2D eigenvalue weighted by molar-refractivity contribution is 6.03. The molecule has 0 radical (unpaired) electrons. The molecule has 2 aromatic carbocycles. The fraction of sp³-hybridized carbons (Fsp3) is 0.150. The van der Waals surface area contributed by atoms with Crippen molar-refractivity contribution in [3.63, 3.8) is 0 Å². The van der Waals surface area contributed by atoms with Gasteiger partial charge >= 0.3 is 6.18 Å². The number of halogens is 3. The summed E-state index contributed by atoms with van der Waals surface area (Å²) in [6.45, 7) is 1.70. The van der Waals surface area contributed by atoms with Gasteiger partial charge in [0.1, 0.15) is 17.2 Å². The number of nitrogens with zero attached hydrogens (tertiary/aromatic N) is 2. The molecule has 3 rings (SSSR count). The van der Waals surface area contributed by atoms with Gasteiger partial charge in [0.2, 0.25) is 0 Å². The van der Waals surface area contributed by atoms with Crippen LogP contribution in [0.2, 0.25) is 0 Å². The molecule has 1 aromatic heterocycles. The molecule has 1 heterocycles. The minimum Gasteiger partial charge on any atom is -0.497 e. The number of aryl methyl sites for hydroxylation is 1. The number of aromatic nitrogens is 2. The van der Waals surface area contributed by atoms with Crippen molar-refractivity contribution in [3.05, 3.63) is 71.8 Å². The summed E-state index contributed by atoms with van der Waals surface area (Å²) in [5.41, 5.74) is -0.529. The summed E-state index contributed by atoms with van der Waals surface area (Å²) < 4.78 is 50.2. The highest BCUT2D eigenvalue weighted by Gasteiger charge is 2.31. The molecule has 0 aliphatic rings. The van der Waals surface area contributed by atoms with Gasteiger partial charge in [-0.25, -0.2) is 4.98 Å². The lowest BCUT2D eigenvalue weighted by molar-refractivity contribution is -0.137. The normalized spacial score (nSPS) is 11.1. The Labute approximate surface area is 164 Å². The predicted molar refractivity (Wildman–Crippen MR) is 99.2 cm³/mol. The molecule has 0 aliphatic heterocycles. The number of nitrogens with one attached hydrogen (secondary N) is 1. The van der Waals surface area contributed by atoms with Crippen LogP contribution >= 0.6 is 0 Å². The zero-order valence-corrected chi connectivity index (χ0v) is 15.4. The average molecular weight is 403 g/mol. The van der Waals surface area contributed by atoms with Crippen LogP contribution < -0.4 is 14.8 Å². The topological polar surface area (TPSA) is 73.3 Å². The van der Waals surface area contributed by atoms with Gasteiger partial charge in [0, 0.05) is 12.3 Å². The maximum Gasteiger partial charge on any atom is 0.416 e. The molecule has 0 saturated carbocycles. The summed E-state index contributed by atoms with van der Waals surface area (Å²) in [4.78, 5) is 20.3. The van der Waals surface area contributed by atoms with Gasteiger partial charge in [0.25, 0.3) is 5.91 Å². The van der Waals surface area contributed by atoms with Crippen molar-refractivity contribution < 1.29 is 27.4 Å². The van der Waals surface area contributed by atoms with E-state index in [9.17, 15) is 18.0 Å². The van der Waals surface area contributed by atoms with Crippen LogP contribution in [0.1, 0.15) is 21.7 Å². The first-order chi connectivity index (χ1) is 13.8. The molecule has 3 aromatic rings. The largest absolute Gasteiger partial charge is 0.497 e. The van der Waals surface area contributed by atoms with Gasteiger partial charge < -0.3 is 14.8 Å². The maximum absolute atomic E-state index is 13.1. The Morgan fingerprint density at radius 3 is 2.45 bits per heavy atom. The first-order valence-electron chi connectivity index (χ1n) is 8.39. The molecule has 0 fully saturated rings. The summed E-state index contributed by atoms with van der Waals surface area (Å²) in [6, 6.07) is 9.34. The molecule has 0 unspecified atom stereocenters. The first kappa shape index (κ1) is 20.1. The van der Waals surface area contributed by atoms with E-state index in [1.165, 1.54) is 19.5 Å². The van der Waals surface area contributed by atoms with Crippen molar-refractivity contribution in [2.45, 2.75) is 13.1 Å². The van der Waals surface area contributed by atoms with E-state index < -0.39 is 17.6 Å². The van der Waals surface area contributed by atoms with E-state index in [4.69, 9.17) is 9.47 Å². The molecule has 150 valence electrons. The number of alkyl halides is 3. The smallest absolute Gasteiger partial charge is 0.416 e. The van der Waals surface area contributed by atoms with Crippen LogP contribution in [-0.4, -0.2) is 23.0 Å². The van der Waals surface area contributed by atoms with E-state index in [1.54, 1.807) is 31.2 Å².